The van der Waals surface area contributed by atoms with Gasteiger partial charge >= 0.3 is 6.09 Å². The number of carbonyl (C=O) groups is 2. The second-order valence-electron chi connectivity index (χ2n) is 11.3. The Kier molecular flexibility index (Phi) is 9.21. The lowest BCUT2D eigenvalue weighted by atomic mass is 9.90. The van der Waals surface area contributed by atoms with Crippen LogP contribution < -0.4 is 21.1 Å². The molecule has 11 heteroatoms. The topological polar surface area (TPSA) is 129 Å². The van der Waals surface area contributed by atoms with E-state index in [1.807, 2.05) is 44.2 Å². The molecule has 1 aliphatic carbocycles. The fraction of sp³-hybridized carbons (Fsp3) is 0.571. The number of anilines is 2. The third-order valence-electron chi connectivity index (χ3n) is 7.61. The Hall–Kier alpha value is -3.47. The number of halogens is 1. The fourth-order valence-corrected chi connectivity index (χ4v) is 5.25. The molecule has 0 bridgehead atoms. The van der Waals surface area contributed by atoms with E-state index in [0.29, 0.717) is 24.7 Å². The van der Waals surface area contributed by atoms with Gasteiger partial charge in [-0.3, -0.25) is 15.6 Å². The number of nitrogens with one attached hydrogen (secondary N) is 3. The number of rotatable bonds is 10. The minimum atomic E-state index is -0.708. The highest BCUT2D eigenvalue weighted by Gasteiger charge is 2.40. The average Bonchev–Trinajstić information content (AvgIpc) is 3.52. The van der Waals surface area contributed by atoms with Crippen LogP contribution in [0.2, 0.25) is 0 Å². The number of ether oxygens (including phenoxy) is 1. The highest BCUT2D eigenvalue weighted by atomic mass is 19.1. The van der Waals surface area contributed by atoms with Crippen molar-refractivity contribution in [3.05, 3.63) is 47.5 Å². The van der Waals surface area contributed by atoms with E-state index >= 15 is 4.39 Å². The molecule has 4 rings (SSSR count). The van der Waals surface area contributed by atoms with Gasteiger partial charge in [0.05, 0.1) is 12.0 Å². The van der Waals surface area contributed by atoms with Gasteiger partial charge in [-0.2, -0.15) is 4.39 Å². The number of nitrogens with zero attached hydrogens (tertiary/aromatic N) is 3. The van der Waals surface area contributed by atoms with Crippen molar-refractivity contribution in [1.82, 2.24) is 20.7 Å². The van der Waals surface area contributed by atoms with Crippen molar-refractivity contribution in [2.45, 2.75) is 65.6 Å². The van der Waals surface area contributed by atoms with Crippen molar-refractivity contribution in [3.8, 4) is 0 Å². The Labute approximate surface area is 228 Å². The van der Waals surface area contributed by atoms with Gasteiger partial charge in [-0.15, -0.1) is 0 Å². The van der Waals surface area contributed by atoms with Crippen molar-refractivity contribution in [3.63, 3.8) is 0 Å². The second-order valence-corrected chi connectivity index (χ2v) is 11.3. The Morgan fingerprint density at radius 2 is 1.92 bits per heavy atom. The summed E-state index contributed by atoms with van der Waals surface area (Å²) >= 11 is 0. The largest absolute Gasteiger partial charge is 0.445 e. The van der Waals surface area contributed by atoms with Gasteiger partial charge in [-0.25, -0.2) is 14.8 Å². The van der Waals surface area contributed by atoms with Crippen LogP contribution in [-0.2, 0) is 16.1 Å². The molecule has 1 aromatic heterocycles. The lowest BCUT2D eigenvalue weighted by molar-refractivity contribution is -0.124. The molecule has 1 aromatic carbocycles. The fourth-order valence-electron chi connectivity index (χ4n) is 5.25. The predicted octanol–water partition coefficient (Wildman–Crippen LogP) is 3.70. The second kappa shape index (κ2) is 12.6. The van der Waals surface area contributed by atoms with Gasteiger partial charge in [0.25, 0.3) is 0 Å². The zero-order chi connectivity index (χ0) is 28.0. The predicted molar refractivity (Wildman–Crippen MR) is 145 cm³/mol. The van der Waals surface area contributed by atoms with Crippen LogP contribution in [0.1, 0.15) is 57.3 Å². The first kappa shape index (κ1) is 28.5. The Balaban J connectivity index is 1.37. The molecule has 1 saturated heterocycles. The van der Waals surface area contributed by atoms with Crippen molar-refractivity contribution in [1.29, 1.82) is 0 Å². The molecule has 2 atom stereocenters. The monoisotopic (exact) mass is 542 g/mol. The van der Waals surface area contributed by atoms with Gasteiger partial charge in [0, 0.05) is 25.0 Å². The summed E-state index contributed by atoms with van der Waals surface area (Å²) in [6.07, 6.45) is 3.71. The molecule has 4 N–H and O–H groups in total. The third-order valence-corrected chi connectivity index (χ3v) is 7.61. The number of alkyl carbamates (subject to hydrolysis) is 1. The Morgan fingerprint density at radius 1 is 1.21 bits per heavy atom. The summed E-state index contributed by atoms with van der Waals surface area (Å²) in [4.78, 5) is 35.6. The van der Waals surface area contributed by atoms with Crippen LogP contribution in [0.25, 0.3) is 0 Å². The van der Waals surface area contributed by atoms with Crippen LogP contribution in [-0.4, -0.2) is 52.8 Å². The summed E-state index contributed by atoms with van der Waals surface area (Å²) in [7, 11) is 0. The van der Waals surface area contributed by atoms with E-state index in [4.69, 9.17) is 4.74 Å². The van der Waals surface area contributed by atoms with Gasteiger partial charge in [0.1, 0.15) is 12.4 Å². The summed E-state index contributed by atoms with van der Waals surface area (Å²) in [5.41, 5.74) is 5.68. The molecule has 0 spiro atoms. The number of amides is 2. The molecule has 39 heavy (non-hydrogen) atoms. The van der Waals surface area contributed by atoms with E-state index in [-0.39, 0.29) is 37.2 Å². The van der Waals surface area contributed by atoms with Gasteiger partial charge in [0.2, 0.25) is 11.7 Å². The van der Waals surface area contributed by atoms with E-state index < -0.39 is 29.3 Å². The van der Waals surface area contributed by atoms with Gasteiger partial charge < -0.3 is 20.1 Å². The number of hydrogen-bond acceptors (Lipinski definition) is 8. The Morgan fingerprint density at radius 3 is 2.59 bits per heavy atom. The maximum atomic E-state index is 15.4. The van der Waals surface area contributed by atoms with E-state index in [1.165, 1.54) is 0 Å². The summed E-state index contributed by atoms with van der Waals surface area (Å²) in [6.45, 7) is 6.38. The van der Waals surface area contributed by atoms with Gasteiger partial charge in [-0.1, -0.05) is 69.9 Å². The van der Waals surface area contributed by atoms with E-state index in [2.05, 4.69) is 26.1 Å². The molecular weight excluding hydrogens is 503 g/mol. The maximum Gasteiger partial charge on any atom is 0.407 e. The molecule has 2 amide bonds. The summed E-state index contributed by atoms with van der Waals surface area (Å²) in [5.74, 6) is -0.981. The number of hydrazine groups is 1. The number of aliphatic hydroxyl groups is 1. The van der Waals surface area contributed by atoms with Crippen LogP contribution in [0.5, 0.6) is 0 Å². The van der Waals surface area contributed by atoms with Gasteiger partial charge in [-0.05, 0) is 24.8 Å². The number of aryl methyl sites for hydroxylation is 1. The molecule has 0 radical (unpaired) electrons. The highest BCUT2D eigenvalue weighted by molar-refractivity contribution is 5.81. The Bertz CT molecular complexity index is 1140. The quantitative estimate of drug-likeness (QED) is 0.335. The lowest BCUT2D eigenvalue weighted by Crippen LogP contribution is -2.42. The molecule has 1 aliphatic heterocycles. The van der Waals surface area contributed by atoms with Gasteiger partial charge in [0.15, 0.2) is 11.6 Å². The van der Waals surface area contributed by atoms with Crippen LogP contribution in [0.4, 0.5) is 20.8 Å². The van der Waals surface area contributed by atoms with Crippen molar-refractivity contribution < 1.29 is 23.8 Å². The zero-order valence-electron chi connectivity index (χ0n) is 22.9. The van der Waals surface area contributed by atoms with Crippen molar-refractivity contribution >= 4 is 23.6 Å². The van der Waals surface area contributed by atoms with Crippen LogP contribution in [0.15, 0.2) is 30.3 Å². The molecule has 212 valence electrons. The number of carbonyl (C=O) groups excluding carboxylic acids is 2. The summed E-state index contributed by atoms with van der Waals surface area (Å²) in [6, 6.07) is 9.34. The van der Waals surface area contributed by atoms with Crippen molar-refractivity contribution in [2.24, 2.45) is 17.3 Å². The SMILES string of the molecule is Cc1nc(NNC(=O)[C@@H](CNC(=O)OCc2ccccc2)CC2CCCC2)c(F)c(N2C[C@@H](O)C(C)(C)C2)n1. The molecule has 0 unspecified atom stereocenters. The highest BCUT2D eigenvalue weighted by Crippen LogP contribution is 2.34. The number of hydrogen-bond donors (Lipinski definition) is 4. The van der Waals surface area contributed by atoms with E-state index in [9.17, 15) is 14.7 Å². The molecule has 2 fully saturated rings. The summed E-state index contributed by atoms with van der Waals surface area (Å²) < 4.78 is 20.7. The third kappa shape index (κ3) is 7.56. The van der Waals surface area contributed by atoms with Crippen LogP contribution in [0, 0.1) is 30.0 Å². The number of benzene rings is 1. The van der Waals surface area contributed by atoms with E-state index in [1.54, 1.807) is 11.8 Å². The molecule has 2 heterocycles. The molecular formula is C28H39FN6O4. The first-order valence-electron chi connectivity index (χ1n) is 13.6. The van der Waals surface area contributed by atoms with Crippen LogP contribution in [0.3, 0.4) is 0 Å². The standard InChI is InChI=1S/C28H39FN6O4/c1-18-31-24(23(29)25(32-18)35-15-22(36)28(2,3)17-35)33-34-26(37)21(13-19-9-7-8-10-19)14-30-27(38)39-16-20-11-5-4-6-12-20/h4-6,11-12,19,21-22,36H,7-10,13-17H2,1-3H3,(H,30,38)(H,34,37)(H,31,32,33)/t21-,22-/m1/s1. The number of aromatic nitrogens is 2. The number of aliphatic hydroxyl groups excluding tert-OH is 1. The normalized spacial score (nSPS) is 19.5. The first-order chi connectivity index (χ1) is 18.6. The van der Waals surface area contributed by atoms with Crippen molar-refractivity contribution in [2.75, 3.05) is 30.0 Å². The summed E-state index contributed by atoms with van der Waals surface area (Å²) in [5, 5.41) is 13.0. The first-order valence-corrected chi connectivity index (χ1v) is 13.6. The smallest absolute Gasteiger partial charge is 0.407 e. The molecule has 10 nitrogen and oxygen atoms in total. The lowest BCUT2D eigenvalue weighted by Gasteiger charge is -2.23. The zero-order valence-corrected chi connectivity index (χ0v) is 22.9. The number of β-amino-alcohol motifs (C(OH)–C–C–N with tert-alkyl or cyclic N) is 1. The minimum absolute atomic E-state index is 0.0780. The van der Waals surface area contributed by atoms with E-state index in [0.717, 1.165) is 31.2 Å². The average molecular weight is 543 g/mol. The minimum Gasteiger partial charge on any atom is -0.445 e. The van der Waals surface area contributed by atoms with Crippen LogP contribution >= 0.6 is 0 Å². The molecule has 1 saturated carbocycles. The molecule has 2 aromatic rings. The maximum absolute atomic E-state index is 15.4. The molecule has 2 aliphatic rings.